The molecule has 1 atom stereocenters. The van der Waals surface area contributed by atoms with E-state index in [0.29, 0.717) is 13.1 Å². The Hall–Kier alpha value is -3.09. The number of alkyl carbamates (subject to hydrolysis) is 1. The summed E-state index contributed by atoms with van der Waals surface area (Å²) >= 11 is 0. The van der Waals surface area contributed by atoms with Gasteiger partial charge in [-0.2, -0.15) is 0 Å². The molecular weight excluding hydrogens is 368 g/mol. The molecule has 0 unspecified atom stereocenters. The molecule has 1 aromatic carbocycles. The maximum atomic E-state index is 13.0. The van der Waals surface area contributed by atoms with Gasteiger partial charge in [-0.1, -0.05) is 44.2 Å². The van der Waals surface area contributed by atoms with Gasteiger partial charge in [-0.15, -0.1) is 0 Å². The number of carbonyl (C=O) groups is 2. The lowest BCUT2D eigenvalue weighted by molar-refractivity contribution is -0.134. The predicted molar refractivity (Wildman–Crippen MR) is 111 cm³/mol. The zero-order valence-electron chi connectivity index (χ0n) is 17.0. The Kier molecular flexibility index (Phi) is 7.05. The lowest BCUT2D eigenvalue weighted by atomic mass is 10.0. The van der Waals surface area contributed by atoms with Crippen LogP contribution in [0.25, 0.3) is 0 Å². The van der Waals surface area contributed by atoms with Crippen LogP contribution >= 0.6 is 0 Å². The summed E-state index contributed by atoms with van der Waals surface area (Å²) in [6.07, 6.45) is 2.97. The second-order valence-electron chi connectivity index (χ2n) is 7.45. The van der Waals surface area contributed by atoms with Crippen molar-refractivity contribution >= 4 is 17.7 Å². The molecule has 3 rings (SSSR count). The van der Waals surface area contributed by atoms with Gasteiger partial charge in [0.1, 0.15) is 12.6 Å². The molecule has 0 saturated carbocycles. The number of anilines is 1. The van der Waals surface area contributed by atoms with Crippen molar-refractivity contribution in [2.45, 2.75) is 26.5 Å². The summed E-state index contributed by atoms with van der Waals surface area (Å²) in [4.78, 5) is 33.4. The Balaban J connectivity index is 1.52. The standard InChI is InChI=1S/C22H28N4O3/c1-17(2)20(24-22(28)29-16-18-6-4-3-5-7-18)21(27)26-14-12-25(13-15-26)19-8-10-23-11-9-19/h3-11,17,20H,12-16H2,1-2H3,(H,24,28)/t20-/m0/s1. The highest BCUT2D eigenvalue weighted by Gasteiger charge is 2.31. The molecule has 2 amide bonds. The molecule has 7 heteroatoms. The summed E-state index contributed by atoms with van der Waals surface area (Å²) in [5.74, 6) is -0.101. The first-order valence-electron chi connectivity index (χ1n) is 9.95. The normalized spacial score (nSPS) is 15.1. The van der Waals surface area contributed by atoms with Crippen LogP contribution in [0.5, 0.6) is 0 Å². The van der Waals surface area contributed by atoms with E-state index in [0.717, 1.165) is 24.3 Å². The number of rotatable bonds is 6. The smallest absolute Gasteiger partial charge is 0.408 e. The average Bonchev–Trinajstić information content (AvgIpc) is 2.77. The number of nitrogens with one attached hydrogen (secondary N) is 1. The monoisotopic (exact) mass is 396 g/mol. The first-order valence-corrected chi connectivity index (χ1v) is 9.95. The fourth-order valence-electron chi connectivity index (χ4n) is 3.34. The van der Waals surface area contributed by atoms with E-state index in [1.807, 2.05) is 61.2 Å². The van der Waals surface area contributed by atoms with Crippen molar-refractivity contribution in [2.24, 2.45) is 5.92 Å². The lowest BCUT2D eigenvalue weighted by Gasteiger charge is -2.38. The average molecular weight is 396 g/mol. The van der Waals surface area contributed by atoms with E-state index in [1.165, 1.54) is 0 Å². The number of nitrogens with zero attached hydrogens (tertiary/aromatic N) is 3. The van der Waals surface area contributed by atoms with Crippen molar-refractivity contribution in [1.82, 2.24) is 15.2 Å². The predicted octanol–water partition coefficient (Wildman–Crippen LogP) is 2.68. The van der Waals surface area contributed by atoms with Gasteiger partial charge < -0.3 is 19.9 Å². The number of aromatic nitrogens is 1. The van der Waals surface area contributed by atoms with Crippen molar-refractivity contribution < 1.29 is 14.3 Å². The largest absolute Gasteiger partial charge is 0.445 e. The third-order valence-electron chi connectivity index (χ3n) is 5.04. The van der Waals surface area contributed by atoms with Crippen LogP contribution in [-0.2, 0) is 16.1 Å². The number of pyridine rings is 1. The first kappa shape index (κ1) is 20.6. The molecule has 2 aromatic rings. The van der Waals surface area contributed by atoms with Crippen molar-refractivity contribution in [3.05, 3.63) is 60.4 Å². The summed E-state index contributed by atoms with van der Waals surface area (Å²) in [5, 5.41) is 2.75. The maximum Gasteiger partial charge on any atom is 0.408 e. The van der Waals surface area contributed by atoms with E-state index >= 15 is 0 Å². The molecule has 29 heavy (non-hydrogen) atoms. The SMILES string of the molecule is CC(C)[C@H](NC(=O)OCc1ccccc1)C(=O)N1CCN(c2ccncc2)CC1. The molecule has 1 aromatic heterocycles. The van der Waals surface area contributed by atoms with E-state index < -0.39 is 12.1 Å². The summed E-state index contributed by atoms with van der Waals surface area (Å²) in [6.45, 7) is 6.76. The number of piperazine rings is 1. The van der Waals surface area contributed by atoms with Gasteiger partial charge in [0.25, 0.3) is 0 Å². The fourth-order valence-corrected chi connectivity index (χ4v) is 3.34. The summed E-state index contributed by atoms with van der Waals surface area (Å²) in [5.41, 5.74) is 2.01. The Morgan fingerprint density at radius 1 is 1.03 bits per heavy atom. The van der Waals surface area contributed by atoms with E-state index in [1.54, 1.807) is 12.4 Å². The summed E-state index contributed by atoms with van der Waals surface area (Å²) in [6, 6.07) is 12.8. The second-order valence-corrected chi connectivity index (χ2v) is 7.45. The number of ether oxygens (including phenoxy) is 1. The van der Waals surface area contributed by atoms with Gasteiger partial charge in [0.15, 0.2) is 0 Å². The lowest BCUT2D eigenvalue weighted by Crippen LogP contribution is -2.56. The highest BCUT2D eigenvalue weighted by Crippen LogP contribution is 2.16. The van der Waals surface area contributed by atoms with Crippen LogP contribution in [0, 0.1) is 5.92 Å². The van der Waals surface area contributed by atoms with Crippen LogP contribution in [-0.4, -0.2) is 54.1 Å². The zero-order valence-corrected chi connectivity index (χ0v) is 17.0. The molecule has 1 aliphatic rings. The Morgan fingerprint density at radius 2 is 1.69 bits per heavy atom. The van der Waals surface area contributed by atoms with Crippen LogP contribution in [0.15, 0.2) is 54.9 Å². The van der Waals surface area contributed by atoms with E-state index in [4.69, 9.17) is 4.74 Å². The molecule has 7 nitrogen and oxygen atoms in total. The van der Waals surface area contributed by atoms with Gasteiger partial charge in [-0.05, 0) is 23.6 Å². The first-order chi connectivity index (χ1) is 14.0. The number of hydrogen-bond donors (Lipinski definition) is 1. The van der Waals surface area contributed by atoms with Gasteiger partial charge >= 0.3 is 6.09 Å². The van der Waals surface area contributed by atoms with Gasteiger partial charge in [0.05, 0.1) is 0 Å². The molecule has 2 heterocycles. The third-order valence-corrected chi connectivity index (χ3v) is 5.04. The minimum atomic E-state index is -0.606. The summed E-state index contributed by atoms with van der Waals surface area (Å²) < 4.78 is 5.29. The minimum Gasteiger partial charge on any atom is -0.445 e. The molecule has 1 N–H and O–H groups in total. The number of amides is 2. The molecule has 0 spiro atoms. The number of hydrogen-bond acceptors (Lipinski definition) is 5. The molecule has 154 valence electrons. The van der Waals surface area contributed by atoms with Gasteiger partial charge in [-0.3, -0.25) is 9.78 Å². The molecule has 1 aliphatic heterocycles. The van der Waals surface area contributed by atoms with E-state index in [-0.39, 0.29) is 18.4 Å². The van der Waals surface area contributed by atoms with Gasteiger partial charge in [0, 0.05) is 44.3 Å². The van der Waals surface area contributed by atoms with Gasteiger partial charge in [0.2, 0.25) is 5.91 Å². The molecule has 0 radical (unpaired) electrons. The van der Waals surface area contributed by atoms with Crippen LogP contribution in [0.3, 0.4) is 0 Å². The Bertz CT molecular complexity index is 790. The quantitative estimate of drug-likeness (QED) is 0.813. The Labute approximate surface area is 171 Å². The fraction of sp³-hybridized carbons (Fsp3) is 0.409. The molecule has 1 saturated heterocycles. The molecular formula is C22H28N4O3. The van der Waals surface area contributed by atoms with Crippen LogP contribution in [0.1, 0.15) is 19.4 Å². The molecule has 0 aliphatic carbocycles. The highest BCUT2D eigenvalue weighted by molar-refractivity contribution is 5.86. The van der Waals surface area contributed by atoms with Crippen LogP contribution in [0.4, 0.5) is 10.5 Å². The highest BCUT2D eigenvalue weighted by atomic mass is 16.5. The zero-order chi connectivity index (χ0) is 20.6. The van der Waals surface area contributed by atoms with Gasteiger partial charge in [-0.25, -0.2) is 4.79 Å². The Morgan fingerprint density at radius 3 is 2.31 bits per heavy atom. The van der Waals surface area contributed by atoms with Crippen molar-refractivity contribution in [2.75, 3.05) is 31.1 Å². The van der Waals surface area contributed by atoms with Crippen LogP contribution < -0.4 is 10.2 Å². The van der Waals surface area contributed by atoms with Crippen LogP contribution in [0.2, 0.25) is 0 Å². The van der Waals surface area contributed by atoms with E-state index in [9.17, 15) is 9.59 Å². The van der Waals surface area contributed by atoms with E-state index in [2.05, 4.69) is 15.2 Å². The second kappa shape index (κ2) is 9.91. The molecule has 0 bridgehead atoms. The topological polar surface area (TPSA) is 74.8 Å². The van der Waals surface area contributed by atoms with Crippen molar-refractivity contribution in [3.63, 3.8) is 0 Å². The van der Waals surface area contributed by atoms with Crippen molar-refractivity contribution in [1.29, 1.82) is 0 Å². The molecule has 1 fully saturated rings. The third kappa shape index (κ3) is 5.70. The minimum absolute atomic E-state index is 0.0370. The summed E-state index contributed by atoms with van der Waals surface area (Å²) in [7, 11) is 0. The maximum absolute atomic E-state index is 13.0. The number of carbonyl (C=O) groups excluding carboxylic acids is 2. The number of benzene rings is 1. The van der Waals surface area contributed by atoms with Crippen molar-refractivity contribution in [3.8, 4) is 0 Å².